The predicted octanol–water partition coefficient (Wildman–Crippen LogP) is 13.4. The zero-order valence-corrected chi connectivity index (χ0v) is 29.6. The summed E-state index contributed by atoms with van der Waals surface area (Å²) in [6.07, 6.45) is 0. The summed E-state index contributed by atoms with van der Waals surface area (Å²) in [5.41, 5.74) is 3.94. The van der Waals surface area contributed by atoms with Crippen LogP contribution in [-0.4, -0.2) is 19.5 Å². The van der Waals surface area contributed by atoms with Gasteiger partial charge in [-0.2, -0.15) is 0 Å². The van der Waals surface area contributed by atoms with E-state index in [0.717, 1.165) is 21.9 Å². The van der Waals surface area contributed by atoms with Gasteiger partial charge in [-0.1, -0.05) is 127 Å². The molecule has 0 aliphatic carbocycles. The van der Waals surface area contributed by atoms with Gasteiger partial charge in [0.25, 0.3) is 0 Å². The minimum Gasteiger partial charge on any atom is -0.456 e. The molecule has 4 heterocycles. The lowest BCUT2D eigenvalue weighted by Gasteiger charge is -2.09. The zero-order valence-electron chi connectivity index (χ0n) is 40.6. The summed E-state index contributed by atoms with van der Waals surface area (Å²) in [6, 6.07) is 30.5. The van der Waals surface area contributed by atoms with Crippen molar-refractivity contribution in [2.24, 2.45) is 0 Å². The lowest BCUT2D eigenvalue weighted by atomic mass is 9.99. The van der Waals surface area contributed by atoms with Crippen LogP contribution < -0.4 is 0 Å². The lowest BCUT2D eigenvalue weighted by molar-refractivity contribution is 0.668. The number of rotatable bonds is 5. The fourth-order valence-corrected chi connectivity index (χ4v) is 7.69. The molecule has 0 aliphatic heterocycles. The molecule has 0 spiro atoms. The number of fused-ring (bicyclic) bond motifs is 9. The number of nitrogens with zero attached hydrogens (tertiary/aromatic N) is 4. The van der Waals surface area contributed by atoms with Crippen LogP contribution in [0.1, 0.15) is 15.1 Å². The Morgan fingerprint density at radius 1 is 0.439 bits per heavy atom. The maximum atomic E-state index is 9.63. The molecule has 12 rings (SSSR count). The normalized spacial score (nSPS) is 14.6. The largest absolute Gasteiger partial charge is 0.456 e. The minimum absolute atomic E-state index is 0.00961. The van der Waals surface area contributed by atoms with Gasteiger partial charge in [0.05, 0.1) is 31.7 Å². The molecule has 6 nitrogen and oxygen atoms in total. The van der Waals surface area contributed by atoms with Gasteiger partial charge < -0.3 is 13.4 Å². The molecule has 0 saturated carbocycles. The summed E-state index contributed by atoms with van der Waals surface area (Å²) in [5, 5.41) is 2.12. The van der Waals surface area contributed by atoms with Crippen molar-refractivity contribution in [1.82, 2.24) is 19.5 Å². The molecule has 0 saturated heterocycles. The highest BCUT2D eigenvalue weighted by atomic mass is 16.3. The average Bonchev–Trinajstić information content (AvgIpc) is 4.04. The molecule has 0 bridgehead atoms. The van der Waals surface area contributed by atoms with Gasteiger partial charge in [-0.15, -0.1) is 0 Å². The van der Waals surface area contributed by atoms with Crippen molar-refractivity contribution in [3.8, 4) is 51.0 Å². The average molecular weight is 742 g/mol. The molecule has 4 aromatic heterocycles. The van der Waals surface area contributed by atoms with Gasteiger partial charge in [0.15, 0.2) is 17.5 Å². The van der Waals surface area contributed by atoms with Crippen LogP contribution in [0.4, 0.5) is 0 Å². The van der Waals surface area contributed by atoms with Gasteiger partial charge in [0, 0.05) is 49.1 Å². The smallest absolute Gasteiger partial charge is 0.167 e. The molecule has 0 unspecified atom stereocenters. The first kappa shape index (κ1) is 22.5. The van der Waals surface area contributed by atoms with Gasteiger partial charge in [0.2, 0.25) is 0 Å². The first-order chi connectivity index (χ1) is 32.8. The summed E-state index contributed by atoms with van der Waals surface area (Å²) in [4.78, 5) is 14.6. The van der Waals surface area contributed by atoms with Crippen LogP contribution in [0.25, 0.3) is 117 Å². The van der Waals surface area contributed by atoms with E-state index in [9.17, 15) is 6.85 Å². The van der Waals surface area contributed by atoms with E-state index in [1.807, 2.05) is 97.1 Å². The van der Waals surface area contributed by atoms with Crippen molar-refractivity contribution in [3.63, 3.8) is 0 Å². The SMILES string of the molecule is [2H]c1cc2c(c([2H])c1[2H])c1cc([2H])c([2H])c([2H])c1n2-c1cc2c(oc3c([2H])c(-c4nc(-c5ccccc5)nc(-c5cccc6c5oc5cccc(-c7ccccc7)c56)n4)c([2H])c([2H])c32)c([2H])c1[2H]. The number of furan rings is 2. The summed E-state index contributed by atoms with van der Waals surface area (Å²) in [5.74, 6) is 0.322. The second kappa shape index (κ2) is 12.3. The van der Waals surface area contributed by atoms with Crippen molar-refractivity contribution < 1.29 is 23.9 Å². The van der Waals surface area contributed by atoms with Gasteiger partial charge >= 0.3 is 0 Å². The number of hydrogen-bond acceptors (Lipinski definition) is 5. The third-order valence-electron chi connectivity index (χ3n) is 10.2. The maximum absolute atomic E-state index is 9.63. The Morgan fingerprint density at radius 3 is 2.07 bits per heavy atom. The van der Waals surface area contributed by atoms with Crippen molar-refractivity contribution in [3.05, 3.63) is 182 Å². The Bertz CT molecular complexity index is 4170. The molecule has 12 aromatic rings. The zero-order chi connectivity index (χ0) is 47.0. The molecule has 0 fully saturated rings. The molecule has 57 heavy (non-hydrogen) atoms. The molecular weight excluding hydrogens is 701 g/mol. The quantitative estimate of drug-likeness (QED) is 0.176. The summed E-state index contributed by atoms with van der Waals surface area (Å²) in [7, 11) is 0. The van der Waals surface area contributed by atoms with E-state index in [1.165, 1.54) is 22.8 Å². The van der Waals surface area contributed by atoms with Crippen LogP contribution in [0, 0.1) is 0 Å². The van der Waals surface area contributed by atoms with Gasteiger partial charge in [-0.05, 0) is 65.6 Å². The van der Waals surface area contributed by atoms with E-state index in [-0.39, 0.29) is 109 Å². The Balaban J connectivity index is 1.10. The van der Waals surface area contributed by atoms with Gasteiger partial charge in [0.1, 0.15) is 22.3 Å². The molecule has 8 aromatic carbocycles. The van der Waals surface area contributed by atoms with E-state index < -0.39 is 30.2 Å². The Hall–Kier alpha value is -7.83. The summed E-state index contributed by atoms with van der Waals surface area (Å²) < 4.78 is 113. The van der Waals surface area contributed by atoms with Gasteiger partial charge in [-0.25, -0.2) is 15.0 Å². The number of hydrogen-bond donors (Lipinski definition) is 0. The van der Waals surface area contributed by atoms with Crippen LogP contribution >= 0.6 is 0 Å². The third-order valence-corrected chi connectivity index (χ3v) is 10.2. The Labute approximate surface area is 341 Å². The Kier molecular flexibility index (Phi) is 4.88. The van der Waals surface area contributed by atoms with Crippen molar-refractivity contribution >= 4 is 65.7 Å². The Morgan fingerprint density at radius 2 is 1.19 bits per heavy atom. The molecule has 0 N–H and O–H groups in total. The fourth-order valence-electron chi connectivity index (χ4n) is 7.69. The molecule has 266 valence electrons. The molecule has 6 heteroatoms. The molecule has 0 amide bonds. The van der Waals surface area contributed by atoms with Crippen LogP contribution in [0.15, 0.2) is 191 Å². The molecular formula is C51H30N4O2. The third kappa shape index (κ3) is 4.94. The van der Waals surface area contributed by atoms with Crippen molar-refractivity contribution in [1.29, 1.82) is 0 Å². The van der Waals surface area contributed by atoms with Crippen LogP contribution in [-0.2, 0) is 0 Å². The second-order valence-corrected chi connectivity index (χ2v) is 13.5. The van der Waals surface area contributed by atoms with E-state index in [0.29, 0.717) is 22.3 Å². The van der Waals surface area contributed by atoms with Crippen LogP contribution in [0.5, 0.6) is 0 Å². The standard InChI is InChI=1S/C51H30N4O2/c1-3-13-31(14-4-1)35-19-12-24-45-47(35)39-20-11-21-40(48(39)57-45)51-53-49(32-15-5-2-6-16-32)52-50(54-51)33-25-27-38-41-30-34(26-28-44(41)56-46(38)29-33)55-42-22-9-7-17-36(42)37-18-8-10-23-43(37)55/h1-30H/i7D,8D,9D,10D,17D,23D,25D,26D,27D,28D,29D. The minimum atomic E-state index is -0.456. The first-order valence-electron chi connectivity index (χ1n) is 23.6. The second-order valence-electron chi connectivity index (χ2n) is 13.5. The van der Waals surface area contributed by atoms with Crippen molar-refractivity contribution in [2.45, 2.75) is 0 Å². The number of benzene rings is 8. The lowest BCUT2D eigenvalue weighted by Crippen LogP contribution is -2.00. The molecule has 0 radical (unpaired) electrons. The fraction of sp³-hybridized carbons (Fsp3) is 0. The number of aromatic nitrogens is 4. The summed E-state index contributed by atoms with van der Waals surface area (Å²) in [6.45, 7) is 0. The van der Waals surface area contributed by atoms with Crippen LogP contribution in [0.2, 0.25) is 0 Å². The monoisotopic (exact) mass is 741 g/mol. The van der Waals surface area contributed by atoms with Gasteiger partial charge in [-0.3, -0.25) is 0 Å². The highest BCUT2D eigenvalue weighted by molar-refractivity contribution is 6.15. The van der Waals surface area contributed by atoms with Crippen LogP contribution in [0.3, 0.4) is 0 Å². The first-order valence-corrected chi connectivity index (χ1v) is 18.1. The van der Waals surface area contributed by atoms with E-state index in [1.54, 1.807) is 0 Å². The summed E-state index contributed by atoms with van der Waals surface area (Å²) >= 11 is 0. The molecule has 0 aliphatic rings. The predicted molar refractivity (Wildman–Crippen MR) is 230 cm³/mol. The van der Waals surface area contributed by atoms with Crippen molar-refractivity contribution in [2.75, 3.05) is 0 Å². The number of para-hydroxylation sites is 3. The topological polar surface area (TPSA) is 69.9 Å². The van der Waals surface area contributed by atoms with E-state index in [4.69, 9.17) is 32.0 Å². The highest BCUT2D eigenvalue weighted by Gasteiger charge is 2.21. The molecule has 0 atom stereocenters. The van der Waals surface area contributed by atoms with E-state index in [2.05, 4.69) is 0 Å². The highest BCUT2D eigenvalue weighted by Crippen LogP contribution is 2.41. The maximum Gasteiger partial charge on any atom is 0.167 e. The van der Waals surface area contributed by atoms with E-state index >= 15 is 0 Å².